The quantitative estimate of drug-likeness (QED) is 0.818. The lowest BCUT2D eigenvalue weighted by molar-refractivity contribution is -0.158. The van der Waals surface area contributed by atoms with Crippen LogP contribution < -0.4 is 0 Å². The number of ether oxygens (including phenoxy) is 1. The van der Waals surface area contributed by atoms with Gasteiger partial charge in [-0.3, -0.25) is 9.69 Å². The van der Waals surface area contributed by atoms with Crippen LogP contribution in [0, 0.1) is 5.92 Å². The number of nitrogens with zero attached hydrogens (tertiary/aromatic N) is 1. The molecule has 4 heteroatoms. The van der Waals surface area contributed by atoms with Gasteiger partial charge in [-0.1, -0.05) is 18.2 Å². The standard InChI is InChI=1S/C20H24N2O2/c1-20(2,3)24-19(23)13-8-15-14-6-5-7-16-18(14)12(10-21-16)9-17(15)22(4)11-13/h5-8,10,13,17,21H,9,11H2,1-4H3/t13-,17-/m1/s1. The molecule has 4 rings (SSSR count). The molecule has 4 nitrogen and oxygen atoms in total. The molecule has 2 aliphatic rings. The maximum Gasteiger partial charge on any atom is 0.314 e. The minimum atomic E-state index is -0.453. The highest BCUT2D eigenvalue weighted by Gasteiger charge is 2.36. The largest absolute Gasteiger partial charge is 0.459 e. The Bertz CT molecular complexity index is 841. The van der Waals surface area contributed by atoms with Crippen molar-refractivity contribution >= 4 is 22.4 Å². The molecule has 0 saturated heterocycles. The predicted octanol–water partition coefficient (Wildman–Crippen LogP) is 3.38. The van der Waals surface area contributed by atoms with E-state index in [0.29, 0.717) is 12.6 Å². The zero-order valence-electron chi connectivity index (χ0n) is 14.7. The Hall–Kier alpha value is -2.07. The fourth-order valence-corrected chi connectivity index (χ4v) is 3.98. The topological polar surface area (TPSA) is 45.3 Å². The summed E-state index contributed by atoms with van der Waals surface area (Å²) in [6, 6.07) is 6.69. The van der Waals surface area contributed by atoms with Crippen LogP contribution in [0.3, 0.4) is 0 Å². The minimum absolute atomic E-state index is 0.132. The van der Waals surface area contributed by atoms with Crippen molar-refractivity contribution in [1.29, 1.82) is 0 Å². The highest BCUT2D eigenvalue weighted by Crippen LogP contribution is 2.40. The number of esters is 1. The van der Waals surface area contributed by atoms with Crippen molar-refractivity contribution in [2.75, 3.05) is 13.6 Å². The minimum Gasteiger partial charge on any atom is -0.459 e. The number of hydrogen-bond donors (Lipinski definition) is 1. The maximum absolute atomic E-state index is 12.6. The van der Waals surface area contributed by atoms with Gasteiger partial charge in [0.15, 0.2) is 0 Å². The molecule has 0 radical (unpaired) electrons. The number of aromatic nitrogens is 1. The molecular formula is C20H24N2O2. The van der Waals surface area contributed by atoms with E-state index in [-0.39, 0.29) is 11.9 Å². The van der Waals surface area contributed by atoms with Gasteiger partial charge in [-0.15, -0.1) is 0 Å². The third-order valence-electron chi connectivity index (χ3n) is 4.98. The van der Waals surface area contributed by atoms with E-state index in [2.05, 4.69) is 47.4 Å². The van der Waals surface area contributed by atoms with Crippen molar-refractivity contribution in [1.82, 2.24) is 9.88 Å². The first kappa shape index (κ1) is 15.5. The number of aromatic amines is 1. The third-order valence-corrected chi connectivity index (χ3v) is 4.98. The van der Waals surface area contributed by atoms with Gasteiger partial charge in [0, 0.05) is 29.7 Å². The lowest BCUT2D eigenvalue weighted by Gasteiger charge is -2.39. The fourth-order valence-electron chi connectivity index (χ4n) is 3.98. The van der Waals surface area contributed by atoms with Crippen molar-refractivity contribution < 1.29 is 9.53 Å². The zero-order valence-corrected chi connectivity index (χ0v) is 14.7. The van der Waals surface area contributed by atoms with Crippen LogP contribution >= 0.6 is 0 Å². The highest BCUT2D eigenvalue weighted by molar-refractivity contribution is 5.99. The van der Waals surface area contributed by atoms with Crippen LogP contribution in [0.1, 0.15) is 31.9 Å². The van der Waals surface area contributed by atoms with E-state index < -0.39 is 5.60 Å². The molecular weight excluding hydrogens is 300 g/mol. The van der Waals surface area contributed by atoms with E-state index in [0.717, 1.165) is 6.42 Å². The molecule has 1 aliphatic heterocycles. The zero-order chi connectivity index (χ0) is 17.1. The molecule has 0 amide bonds. The molecule has 126 valence electrons. The van der Waals surface area contributed by atoms with Gasteiger partial charge in [0.1, 0.15) is 5.60 Å². The van der Waals surface area contributed by atoms with E-state index in [1.54, 1.807) is 0 Å². The molecule has 0 unspecified atom stereocenters. The van der Waals surface area contributed by atoms with Crippen molar-refractivity contribution in [3.8, 4) is 0 Å². The lowest BCUT2D eigenvalue weighted by Crippen LogP contribution is -2.45. The Morgan fingerprint density at radius 2 is 2.12 bits per heavy atom. The second-order valence-corrected chi connectivity index (χ2v) is 7.96. The monoisotopic (exact) mass is 324 g/mol. The van der Waals surface area contributed by atoms with Gasteiger partial charge in [-0.05, 0) is 57.0 Å². The van der Waals surface area contributed by atoms with E-state index in [1.807, 2.05) is 20.8 Å². The van der Waals surface area contributed by atoms with Crippen LogP contribution in [-0.4, -0.2) is 41.1 Å². The Kier molecular flexibility index (Phi) is 3.36. The van der Waals surface area contributed by atoms with Crippen molar-refractivity contribution in [3.63, 3.8) is 0 Å². The van der Waals surface area contributed by atoms with Crippen LogP contribution in [0.2, 0.25) is 0 Å². The summed E-state index contributed by atoms with van der Waals surface area (Å²) < 4.78 is 5.62. The molecule has 24 heavy (non-hydrogen) atoms. The molecule has 0 bridgehead atoms. The summed E-state index contributed by atoms with van der Waals surface area (Å²) >= 11 is 0. The van der Waals surface area contributed by atoms with Gasteiger partial charge in [0.05, 0.1) is 5.92 Å². The smallest absolute Gasteiger partial charge is 0.314 e. The fraction of sp³-hybridized carbons (Fsp3) is 0.450. The number of rotatable bonds is 1. The summed E-state index contributed by atoms with van der Waals surface area (Å²) in [7, 11) is 2.10. The van der Waals surface area contributed by atoms with E-state index >= 15 is 0 Å². The molecule has 1 aliphatic carbocycles. The molecule has 2 heterocycles. The van der Waals surface area contributed by atoms with E-state index in [1.165, 1.54) is 27.6 Å². The van der Waals surface area contributed by atoms with Gasteiger partial charge in [0.25, 0.3) is 0 Å². The predicted molar refractivity (Wildman–Crippen MR) is 95.7 cm³/mol. The molecule has 0 saturated carbocycles. The SMILES string of the molecule is CN1C[C@H](C(=O)OC(C)(C)C)C=C2c3cccc4[nH]cc(c34)C[C@H]21. The summed E-state index contributed by atoms with van der Waals surface area (Å²) in [5.74, 6) is -0.344. The number of H-pyrrole nitrogens is 1. The Morgan fingerprint density at radius 1 is 1.33 bits per heavy atom. The summed E-state index contributed by atoms with van der Waals surface area (Å²) in [5, 5.41) is 1.30. The highest BCUT2D eigenvalue weighted by atomic mass is 16.6. The number of fused-ring (bicyclic) bond motifs is 2. The van der Waals surface area contributed by atoms with Crippen LogP contribution in [0.25, 0.3) is 16.5 Å². The third kappa shape index (κ3) is 2.46. The van der Waals surface area contributed by atoms with E-state index in [9.17, 15) is 4.79 Å². The summed E-state index contributed by atoms with van der Waals surface area (Å²) in [4.78, 5) is 18.2. The number of nitrogens with one attached hydrogen (secondary N) is 1. The molecule has 0 spiro atoms. The molecule has 1 aromatic heterocycles. The summed E-state index contributed by atoms with van der Waals surface area (Å²) in [6.45, 7) is 6.46. The number of likely N-dealkylation sites (N-methyl/N-ethyl adjacent to an activating group) is 1. The van der Waals surface area contributed by atoms with Crippen LogP contribution in [0.4, 0.5) is 0 Å². The number of hydrogen-bond acceptors (Lipinski definition) is 3. The second-order valence-electron chi connectivity index (χ2n) is 7.96. The number of benzene rings is 1. The summed E-state index contributed by atoms with van der Waals surface area (Å²) in [5.41, 5.74) is 4.59. The van der Waals surface area contributed by atoms with Gasteiger partial charge in [-0.2, -0.15) is 0 Å². The van der Waals surface area contributed by atoms with Gasteiger partial charge in [-0.25, -0.2) is 0 Å². The Labute approximate surface area is 142 Å². The first-order valence-corrected chi connectivity index (χ1v) is 8.57. The number of carbonyl (C=O) groups is 1. The van der Waals surface area contributed by atoms with Crippen LogP contribution in [-0.2, 0) is 16.0 Å². The van der Waals surface area contributed by atoms with Crippen molar-refractivity contribution in [2.45, 2.75) is 38.8 Å². The van der Waals surface area contributed by atoms with Gasteiger partial charge >= 0.3 is 5.97 Å². The number of carbonyl (C=O) groups excluding carboxylic acids is 1. The molecule has 0 fully saturated rings. The van der Waals surface area contributed by atoms with Crippen molar-refractivity contribution in [2.24, 2.45) is 5.92 Å². The normalized spacial score (nSPS) is 23.8. The molecule has 1 N–H and O–H groups in total. The molecule has 2 atom stereocenters. The van der Waals surface area contributed by atoms with Crippen LogP contribution in [0.15, 0.2) is 30.5 Å². The maximum atomic E-state index is 12.6. The molecule has 2 aromatic rings. The second kappa shape index (κ2) is 5.21. The average Bonchev–Trinajstić information content (AvgIpc) is 2.91. The van der Waals surface area contributed by atoms with Gasteiger partial charge in [0.2, 0.25) is 0 Å². The first-order valence-electron chi connectivity index (χ1n) is 8.57. The van der Waals surface area contributed by atoms with E-state index in [4.69, 9.17) is 4.74 Å². The average molecular weight is 324 g/mol. The van der Waals surface area contributed by atoms with Crippen LogP contribution in [0.5, 0.6) is 0 Å². The molecule has 1 aromatic carbocycles. The summed E-state index contributed by atoms with van der Waals surface area (Å²) in [6.07, 6.45) is 5.25. The first-order chi connectivity index (χ1) is 11.3. The Morgan fingerprint density at radius 3 is 2.88 bits per heavy atom. The lowest BCUT2D eigenvalue weighted by atomic mass is 9.80. The van der Waals surface area contributed by atoms with Crippen molar-refractivity contribution in [3.05, 3.63) is 41.6 Å². The van der Waals surface area contributed by atoms with Gasteiger partial charge < -0.3 is 9.72 Å². The Balaban J connectivity index is 1.77.